The molecule has 4 nitrogen and oxygen atoms in total. The van der Waals surface area contributed by atoms with Crippen LogP contribution in [0.25, 0.3) is 0 Å². The van der Waals surface area contributed by atoms with Gasteiger partial charge in [-0.25, -0.2) is 0 Å². The lowest BCUT2D eigenvalue weighted by atomic mass is 10.0. The third-order valence-corrected chi connectivity index (χ3v) is 5.35. The maximum atomic E-state index is 13.8. The van der Waals surface area contributed by atoms with Crippen LogP contribution in [0.5, 0.6) is 0 Å². The first-order valence-corrected chi connectivity index (χ1v) is 9.87. The molecule has 0 heterocycles. The van der Waals surface area contributed by atoms with Crippen molar-refractivity contribution in [2.45, 2.75) is 43.1 Å². The van der Waals surface area contributed by atoms with Crippen LogP contribution in [0.3, 0.4) is 0 Å². The van der Waals surface area contributed by atoms with Gasteiger partial charge < -0.3 is 5.32 Å². The molecule has 2 aromatic rings. The maximum Gasteiger partial charge on any atom is 0.407 e. The number of hydrogen-bond acceptors (Lipinski definition) is 3. The van der Waals surface area contributed by atoms with E-state index in [1.54, 1.807) is 30.3 Å². The molecule has 0 bridgehead atoms. The van der Waals surface area contributed by atoms with Gasteiger partial charge >= 0.3 is 6.18 Å². The Bertz CT molecular complexity index is 890. The van der Waals surface area contributed by atoms with E-state index in [9.17, 15) is 23.2 Å². The molecule has 1 aliphatic rings. The first kappa shape index (κ1) is 21.3. The van der Waals surface area contributed by atoms with Crippen LogP contribution >= 0.6 is 15.9 Å². The van der Waals surface area contributed by atoms with Crippen molar-refractivity contribution in [1.29, 1.82) is 5.26 Å². The van der Waals surface area contributed by atoms with Gasteiger partial charge in [-0.3, -0.25) is 10.1 Å². The number of alkyl halides is 3. The van der Waals surface area contributed by atoms with Gasteiger partial charge in [-0.1, -0.05) is 58.4 Å². The Morgan fingerprint density at radius 1 is 1.14 bits per heavy atom. The topological polar surface area (TPSA) is 64.9 Å². The maximum absolute atomic E-state index is 13.8. The highest BCUT2D eigenvalue weighted by atomic mass is 79.9. The first-order chi connectivity index (χ1) is 13.7. The van der Waals surface area contributed by atoms with Crippen LogP contribution in [-0.2, 0) is 11.2 Å². The first-order valence-electron chi connectivity index (χ1n) is 9.08. The zero-order valence-corrected chi connectivity index (χ0v) is 16.9. The summed E-state index contributed by atoms with van der Waals surface area (Å²) in [6.07, 6.45) is -3.53. The molecule has 0 radical (unpaired) electrons. The summed E-state index contributed by atoms with van der Waals surface area (Å²) in [5, 5.41) is 14.3. The summed E-state index contributed by atoms with van der Waals surface area (Å²) in [6, 6.07) is 13.5. The van der Waals surface area contributed by atoms with Gasteiger partial charge in [0.05, 0.1) is 12.1 Å². The number of benzene rings is 2. The second kappa shape index (κ2) is 8.56. The van der Waals surface area contributed by atoms with Gasteiger partial charge in [0, 0.05) is 4.47 Å². The fraction of sp³-hybridized carbons (Fsp3) is 0.333. The molecule has 0 aromatic heterocycles. The van der Waals surface area contributed by atoms with E-state index in [-0.39, 0.29) is 12.0 Å². The van der Waals surface area contributed by atoms with Gasteiger partial charge in [0.25, 0.3) is 0 Å². The minimum atomic E-state index is -4.60. The number of carbonyl (C=O) groups excluding carboxylic acids is 1. The van der Waals surface area contributed by atoms with E-state index in [1.165, 1.54) is 24.3 Å². The van der Waals surface area contributed by atoms with Crippen LogP contribution < -0.4 is 10.6 Å². The van der Waals surface area contributed by atoms with Crippen LogP contribution in [0.1, 0.15) is 30.0 Å². The highest BCUT2D eigenvalue weighted by Gasteiger charge is 2.47. The molecular weight excluding hydrogens is 447 g/mol. The largest absolute Gasteiger partial charge is 0.407 e. The summed E-state index contributed by atoms with van der Waals surface area (Å²) in [7, 11) is 0. The summed E-state index contributed by atoms with van der Waals surface area (Å²) in [5.41, 5.74) is -0.231. The Hall–Kier alpha value is -2.37. The van der Waals surface area contributed by atoms with Crippen molar-refractivity contribution in [3.63, 3.8) is 0 Å². The molecule has 29 heavy (non-hydrogen) atoms. The van der Waals surface area contributed by atoms with Gasteiger partial charge in [-0.2, -0.15) is 18.4 Å². The molecular formula is C21H19BrF3N3O. The van der Waals surface area contributed by atoms with Gasteiger partial charge in [0.1, 0.15) is 11.6 Å². The third-order valence-electron chi connectivity index (χ3n) is 4.82. The molecule has 2 atom stereocenters. The minimum Gasteiger partial charge on any atom is -0.336 e. The quantitative estimate of drug-likeness (QED) is 0.635. The van der Waals surface area contributed by atoms with Crippen molar-refractivity contribution in [2.24, 2.45) is 0 Å². The van der Waals surface area contributed by atoms with Gasteiger partial charge in [0.15, 0.2) is 0 Å². The molecule has 152 valence electrons. The van der Waals surface area contributed by atoms with Crippen molar-refractivity contribution < 1.29 is 18.0 Å². The SMILES string of the molecule is N#CC1(NC(=O)[C@H](Cc2ccccc2)N[C@H](c2ccc(Br)cc2)C(F)(F)F)CC1. The normalized spacial score (nSPS) is 17.1. The zero-order valence-electron chi connectivity index (χ0n) is 15.3. The van der Waals surface area contributed by atoms with Crippen molar-refractivity contribution in [2.75, 3.05) is 0 Å². The Kier molecular flexibility index (Phi) is 6.30. The second-order valence-electron chi connectivity index (χ2n) is 7.12. The Morgan fingerprint density at radius 2 is 1.76 bits per heavy atom. The summed E-state index contributed by atoms with van der Waals surface area (Å²) < 4.78 is 42.1. The van der Waals surface area contributed by atoms with Crippen LogP contribution in [0, 0.1) is 11.3 Å². The van der Waals surface area contributed by atoms with Crippen molar-refractivity contribution in [3.05, 3.63) is 70.2 Å². The summed E-state index contributed by atoms with van der Waals surface area (Å²) in [6.45, 7) is 0. The van der Waals surface area contributed by atoms with Gasteiger partial charge in [-0.15, -0.1) is 0 Å². The molecule has 0 aliphatic heterocycles. The Balaban J connectivity index is 1.87. The summed E-state index contributed by atoms with van der Waals surface area (Å²) in [4.78, 5) is 12.8. The van der Waals surface area contributed by atoms with Crippen LogP contribution in [0.2, 0.25) is 0 Å². The van der Waals surface area contributed by atoms with Gasteiger partial charge in [-0.05, 0) is 42.5 Å². The standard InChI is InChI=1S/C21H19BrF3N3O/c22-16-8-6-15(7-9-16)18(21(23,24)25)27-17(12-14-4-2-1-3-5-14)19(29)28-20(13-26)10-11-20/h1-9,17-18,27H,10-12H2,(H,28,29)/t17-,18+/m0/s1. The number of carbonyl (C=O) groups is 1. The molecule has 1 fully saturated rings. The molecule has 1 amide bonds. The predicted octanol–water partition coefficient (Wildman–Crippen LogP) is 4.43. The molecule has 1 saturated carbocycles. The number of nitrogens with one attached hydrogen (secondary N) is 2. The van der Waals surface area contributed by atoms with E-state index < -0.39 is 29.7 Å². The lowest BCUT2D eigenvalue weighted by molar-refractivity contribution is -0.161. The lowest BCUT2D eigenvalue weighted by Gasteiger charge is -2.28. The number of rotatable bonds is 7. The van der Waals surface area contributed by atoms with Crippen molar-refractivity contribution >= 4 is 21.8 Å². The number of amides is 1. The number of halogens is 4. The number of nitriles is 1. The molecule has 0 unspecified atom stereocenters. The van der Waals surface area contributed by atoms with E-state index in [0.29, 0.717) is 17.3 Å². The second-order valence-corrected chi connectivity index (χ2v) is 8.03. The van der Waals surface area contributed by atoms with E-state index in [4.69, 9.17) is 0 Å². The molecule has 1 aliphatic carbocycles. The zero-order chi connectivity index (χ0) is 21.1. The Morgan fingerprint density at radius 3 is 2.28 bits per heavy atom. The summed E-state index contributed by atoms with van der Waals surface area (Å²) in [5.74, 6) is -0.612. The van der Waals surface area contributed by atoms with E-state index in [2.05, 4.69) is 26.6 Å². The Labute approximate surface area is 175 Å². The molecule has 8 heteroatoms. The fourth-order valence-corrected chi connectivity index (χ4v) is 3.29. The highest BCUT2D eigenvalue weighted by Crippen LogP contribution is 2.36. The number of nitrogens with zero attached hydrogens (tertiary/aromatic N) is 1. The van der Waals surface area contributed by atoms with Crippen LogP contribution in [0.4, 0.5) is 13.2 Å². The molecule has 0 saturated heterocycles. The predicted molar refractivity (Wildman–Crippen MR) is 106 cm³/mol. The smallest absolute Gasteiger partial charge is 0.336 e. The average Bonchev–Trinajstić information content (AvgIpc) is 3.46. The summed E-state index contributed by atoms with van der Waals surface area (Å²) >= 11 is 3.21. The number of hydrogen-bond donors (Lipinski definition) is 2. The van der Waals surface area contributed by atoms with Crippen molar-refractivity contribution in [3.8, 4) is 6.07 Å². The van der Waals surface area contributed by atoms with Gasteiger partial charge in [0.2, 0.25) is 5.91 Å². The average molecular weight is 466 g/mol. The monoisotopic (exact) mass is 465 g/mol. The van der Waals surface area contributed by atoms with Crippen LogP contribution in [0.15, 0.2) is 59.1 Å². The van der Waals surface area contributed by atoms with E-state index in [0.717, 1.165) is 5.56 Å². The lowest BCUT2D eigenvalue weighted by Crippen LogP contribution is -2.52. The van der Waals surface area contributed by atoms with Crippen molar-refractivity contribution in [1.82, 2.24) is 10.6 Å². The molecule has 3 rings (SSSR count). The van der Waals surface area contributed by atoms with E-state index >= 15 is 0 Å². The molecule has 2 aromatic carbocycles. The highest BCUT2D eigenvalue weighted by molar-refractivity contribution is 9.10. The van der Waals surface area contributed by atoms with E-state index in [1.807, 2.05) is 6.07 Å². The fourth-order valence-electron chi connectivity index (χ4n) is 3.03. The molecule has 2 N–H and O–H groups in total. The third kappa shape index (κ3) is 5.58. The molecule has 0 spiro atoms. The minimum absolute atomic E-state index is 0.00739. The van der Waals surface area contributed by atoms with Crippen LogP contribution in [-0.4, -0.2) is 23.7 Å².